The maximum Gasteiger partial charge on any atom is 0.0521 e. The molecule has 1 atom stereocenters. The predicted octanol–water partition coefficient (Wildman–Crippen LogP) is 1.82. The van der Waals surface area contributed by atoms with Crippen LogP contribution in [0.15, 0.2) is 12.4 Å². The first-order valence-corrected chi connectivity index (χ1v) is 5.89. The third kappa shape index (κ3) is 2.23. The van der Waals surface area contributed by atoms with Gasteiger partial charge in [0.25, 0.3) is 0 Å². The van der Waals surface area contributed by atoms with Crippen LogP contribution in [0, 0.1) is 11.3 Å². The molecule has 0 amide bonds. The van der Waals surface area contributed by atoms with Crippen LogP contribution < -0.4 is 5.73 Å². The highest BCUT2D eigenvalue weighted by Gasteiger charge is 2.40. The van der Waals surface area contributed by atoms with Gasteiger partial charge >= 0.3 is 0 Å². The van der Waals surface area contributed by atoms with E-state index in [0.717, 1.165) is 25.4 Å². The summed E-state index contributed by atoms with van der Waals surface area (Å²) in [6, 6.07) is 0. The van der Waals surface area contributed by atoms with Crippen molar-refractivity contribution in [2.24, 2.45) is 17.1 Å². The van der Waals surface area contributed by atoms with Crippen molar-refractivity contribution < 1.29 is 0 Å². The van der Waals surface area contributed by atoms with E-state index in [-0.39, 0.29) is 0 Å². The molecular weight excluding hydrogens is 186 g/mol. The Bertz CT molecular complexity index is 327. The SMILES string of the molecule is CCn1cc(CC(C)(CN)C2CC2)cn1. The molecule has 1 aliphatic carbocycles. The van der Waals surface area contributed by atoms with Crippen LogP contribution in [0.1, 0.15) is 32.3 Å². The van der Waals surface area contributed by atoms with Gasteiger partial charge in [-0.15, -0.1) is 0 Å². The molecule has 0 aliphatic heterocycles. The van der Waals surface area contributed by atoms with Crippen molar-refractivity contribution in [2.75, 3.05) is 6.54 Å². The van der Waals surface area contributed by atoms with E-state index in [9.17, 15) is 0 Å². The molecular formula is C12H21N3. The smallest absolute Gasteiger partial charge is 0.0521 e. The van der Waals surface area contributed by atoms with E-state index in [1.807, 2.05) is 10.9 Å². The van der Waals surface area contributed by atoms with Gasteiger partial charge in [0.15, 0.2) is 0 Å². The molecule has 1 aliphatic rings. The molecule has 0 saturated heterocycles. The van der Waals surface area contributed by atoms with Crippen molar-refractivity contribution in [3.63, 3.8) is 0 Å². The first-order chi connectivity index (χ1) is 7.18. The lowest BCUT2D eigenvalue weighted by atomic mass is 9.80. The zero-order chi connectivity index (χ0) is 10.9. The highest BCUT2D eigenvalue weighted by atomic mass is 15.3. The Morgan fingerprint density at radius 1 is 1.60 bits per heavy atom. The molecule has 0 aromatic carbocycles. The fraction of sp³-hybridized carbons (Fsp3) is 0.750. The quantitative estimate of drug-likeness (QED) is 0.800. The van der Waals surface area contributed by atoms with E-state index in [4.69, 9.17) is 5.73 Å². The molecule has 84 valence electrons. The van der Waals surface area contributed by atoms with Crippen LogP contribution >= 0.6 is 0 Å². The molecule has 1 aromatic heterocycles. The summed E-state index contributed by atoms with van der Waals surface area (Å²) in [5, 5.41) is 4.31. The Labute approximate surface area is 91.7 Å². The van der Waals surface area contributed by atoms with Crippen molar-refractivity contribution in [3.8, 4) is 0 Å². The van der Waals surface area contributed by atoms with Crippen LogP contribution in [0.3, 0.4) is 0 Å². The molecule has 1 heterocycles. The molecule has 3 heteroatoms. The number of rotatable bonds is 5. The molecule has 0 bridgehead atoms. The van der Waals surface area contributed by atoms with Gasteiger partial charge in [0.1, 0.15) is 0 Å². The minimum absolute atomic E-state index is 0.293. The fourth-order valence-corrected chi connectivity index (χ4v) is 2.30. The van der Waals surface area contributed by atoms with Crippen LogP contribution in [0.2, 0.25) is 0 Å². The van der Waals surface area contributed by atoms with E-state index < -0.39 is 0 Å². The lowest BCUT2D eigenvalue weighted by molar-refractivity contribution is 0.281. The molecule has 2 rings (SSSR count). The largest absolute Gasteiger partial charge is 0.330 e. The minimum atomic E-state index is 0.293. The molecule has 15 heavy (non-hydrogen) atoms. The summed E-state index contributed by atoms with van der Waals surface area (Å²) in [5.41, 5.74) is 7.53. The molecule has 1 saturated carbocycles. The summed E-state index contributed by atoms with van der Waals surface area (Å²) >= 11 is 0. The average molecular weight is 207 g/mol. The van der Waals surface area contributed by atoms with Crippen LogP contribution in [0.25, 0.3) is 0 Å². The van der Waals surface area contributed by atoms with Gasteiger partial charge in [-0.1, -0.05) is 6.92 Å². The summed E-state index contributed by atoms with van der Waals surface area (Å²) in [5.74, 6) is 0.840. The van der Waals surface area contributed by atoms with Crippen molar-refractivity contribution in [2.45, 2.75) is 39.7 Å². The number of aryl methyl sites for hydroxylation is 1. The number of hydrogen-bond donors (Lipinski definition) is 1. The molecule has 0 radical (unpaired) electrons. The van der Waals surface area contributed by atoms with Gasteiger partial charge in [-0.05, 0) is 49.6 Å². The standard InChI is InChI=1S/C12H21N3/c1-3-15-8-10(7-14-15)6-12(2,9-13)11-4-5-11/h7-8,11H,3-6,9,13H2,1-2H3. The van der Waals surface area contributed by atoms with Gasteiger partial charge < -0.3 is 5.73 Å². The topological polar surface area (TPSA) is 43.8 Å². The summed E-state index contributed by atoms with van der Waals surface area (Å²) in [4.78, 5) is 0. The minimum Gasteiger partial charge on any atom is -0.330 e. The molecule has 1 aromatic rings. The summed E-state index contributed by atoms with van der Waals surface area (Å²) in [6.07, 6.45) is 7.93. The monoisotopic (exact) mass is 207 g/mol. The van der Waals surface area contributed by atoms with Gasteiger partial charge in [-0.2, -0.15) is 5.10 Å². The lowest BCUT2D eigenvalue weighted by Gasteiger charge is -2.27. The van der Waals surface area contributed by atoms with Gasteiger partial charge in [-0.25, -0.2) is 0 Å². The van der Waals surface area contributed by atoms with Gasteiger partial charge in [0, 0.05) is 12.7 Å². The number of nitrogens with two attached hydrogens (primary N) is 1. The summed E-state index contributed by atoms with van der Waals surface area (Å²) in [7, 11) is 0. The highest BCUT2D eigenvalue weighted by molar-refractivity contribution is 5.10. The van der Waals surface area contributed by atoms with Crippen molar-refractivity contribution >= 4 is 0 Å². The Kier molecular flexibility index (Phi) is 2.83. The molecule has 0 spiro atoms. The predicted molar refractivity (Wildman–Crippen MR) is 61.5 cm³/mol. The summed E-state index contributed by atoms with van der Waals surface area (Å²) < 4.78 is 1.99. The second kappa shape index (κ2) is 3.97. The Hall–Kier alpha value is -0.830. The number of aromatic nitrogens is 2. The molecule has 1 unspecified atom stereocenters. The van der Waals surface area contributed by atoms with Gasteiger partial charge in [-0.3, -0.25) is 4.68 Å². The maximum atomic E-state index is 5.91. The second-order valence-corrected chi connectivity index (χ2v) is 5.01. The Morgan fingerprint density at radius 2 is 2.33 bits per heavy atom. The average Bonchev–Trinajstić information content (AvgIpc) is 3.01. The van der Waals surface area contributed by atoms with E-state index in [0.29, 0.717) is 5.41 Å². The number of nitrogens with zero attached hydrogens (tertiary/aromatic N) is 2. The molecule has 3 nitrogen and oxygen atoms in total. The van der Waals surface area contributed by atoms with Gasteiger partial charge in [0.05, 0.1) is 6.20 Å². The Balaban J connectivity index is 2.05. The van der Waals surface area contributed by atoms with Crippen molar-refractivity contribution in [1.82, 2.24) is 9.78 Å². The second-order valence-electron chi connectivity index (χ2n) is 5.01. The normalized spacial score (nSPS) is 20.2. The van der Waals surface area contributed by atoms with Gasteiger partial charge in [0.2, 0.25) is 0 Å². The third-order valence-corrected chi connectivity index (χ3v) is 3.65. The van der Waals surface area contributed by atoms with E-state index >= 15 is 0 Å². The van der Waals surface area contributed by atoms with Crippen molar-refractivity contribution in [3.05, 3.63) is 18.0 Å². The van der Waals surface area contributed by atoms with Crippen molar-refractivity contribution in [1.29, 1.82) is 0 Å². The highest BCUT2D eigenvalue weighted by Crippen LogP contribution is 2.46. The Morgan fingerprint density at radius 3 is 2.80 bits per heavy atom. The third-order valence-electron chi connectivity index (χ3n) is 3.65. The van der Waals surface area contributed by atoms with E-state index in [1.54, 1.807) is 0 Å². The molecule has 2 N–H and O–H groups in total. The van der Waals surface area contributed by atoms with E-state index in [2.05, 4.69) is 25.1 Å². The maximum absolute atomic E-state index is 5.91. The van der Waals surface area contributed by atoms with Crippen LogP contribution in [0.5, 0.6) is 0 Å². The van der Waals surface area contributed by atoms with Crippen LogP contribution in [0.4, 0.5) is 0 Å². The number of hydrogen-bond acceptors (Lipinski definition) is 2. The van der Waals surface area contributed by atoms with E-state index in [1.165, 1.54) is 18.4 Å². The molecule has 1 fully saturated rings. The zero-order valence-corrected chi connectivity index (χ0v) is 9.74. The fourth-order valence-electron chi connectivity index (χ4n) is 2.30. The lowest BCUT2D eigenvalue weighted by Crippen LogP contribution is -2.31. The van der Waals surface area contributed by atoms with Crippen LogP contribution in [-0.2, 0) is 13.0 Å². The summed E-state index contributed by atoms with van der Waals surface area (Å²) in [6.45, 7) is 6.16. The first-order valence-electron chi connectivity index (χ1n) is 5.89. The zero-order valence-electron chi connectivity index (χ0n) is 9.74. The van der Waals surface area contributed by atoms with Crippen LogP contribution in [-0.4, -0.2) is 16.3 Å². The first kappa shape index (κ1) is 10.7.